The summed E-state index contributed by atoms with van der Waals surface area (Å²) in [6.07, 6.45) is 1.78. The molecule has 0 saturated carbocycles. The van der Waals surface area contributed by atoms with Crippen LogP contribution in [-0.4, -0.2) is 6.73 Å². The van der Waals surface area contributed by atoms with Gasteiger partial charge >= 0.3 is 5.63 Å². The maximum atomic E-state index is 12.1. The molecular weight excluding hydrogens is 373 g/mol. The molecule has 1 aliphatic rings. The van der Waals surface area contributed by atoms with E-state index in [1.165, 1.54) is 0 Å². The summed E-state index contributed by atoms with van der Waals surface area (Å²) >= 11 is 12.5. The van der Waals surface area contributed by atoms with E-state index in [-0.39, 0.29) is 5.63 Å². The van der Waals surface area contributed by atoms with Gasteiger partial charge in [0.05, 0.1) is 22.8 Å². The first kappa shape index (κ1) is 17.3. The highest BCUT2D eigenvalue weighted by molar-refractivity contribution is 6.35. The monoisotopic (exact) mass is 389 g/mol. The lowest BCUT2D eigenvalue weighted by atomic mass is 10.0. The third-order valence-corrected chi connectivity index (χ3v) is 5.11. The quantitative estimate of drug-likeness (QED) is 0.561. The van der Waals surface area contributed by atoms with Crippen LogP contribution in [0.1, 0.15) is 24.5 Å². The number of aryl methyl sites for hydroxylation is 1. The molecule has 0 N–H and O–H groups in total. The number of benzene rings is 2. The van der Waals surface area contributed by atoms with Gasteiger partial charge in [0.1, 0.15) is 11.3 Å². The van der Waals surface area contributed by atoms with E-state index < -0.39 is 0 Å². The Morgan fingerprint density at radius 2 is 2.00 bits per heavy atom. The second kappa shape index (κ2) is 6.86. The molecule has 4 nitrogen and oxygen atoms in total. The van der Waals surface area contributed by atoms with Crippen LogP contribution in [0.4, 0.5) is 5.69 Å². The van der Waals surface area contributed by atoms with Crippen molar-refractivity contribution in [3.8, 4) is 5.75 Å². The fourth-order valence-electron chi connectivity index (χ4n) is 3.36. The third kappa shape index (κ3) is 3.04. The van der Waals surface area contributed by atoms with E-state index in [1.54, 1.807) is 18.2 Å². The molecule has 0 bridgehead atoms. The first-order valence-electron chi connectivity index (χ1n) is 8.48. The van der Waals surface area contributed by atoms with Crippen LogP contribution in [0.25, 0.3) is 11.0 Å². The summed E-state index contributed by atoms with van der Waals surface area (Å²) in [5.74, 6) is 0.726. The Kier molecular flexibility index (Phi) is 4.55. The molecule has 26 heavy (non-hydrogen) atoms. The molecular formula is C20H17Cl2NO3. The van der Waals surface area contributed by atoms with Gasteiger partial charge in [-0.1, -0.05) is 36.5 Å². The molecule has 0 saturated heterocycles. The molecule has 3 aromatic rings. The van der Waals surface area contributed by atoms with Gasteiger partial charge in [0.15, 0.2) is 6.73 Å². The molecule has 0 aliphatic carbocycles. The first-order chi connectivity index (χ1) is 12.6. The molecule has 134 valence electrons. The zero-order chi connectivity index (χ0) is 18.3. The van der Waals surface area contributed by atoms with E-state index in [1.807, 2.05) is 23.1 Å². The minimum Gasteiger partial charge on any atom is -0.473 e. The van der Waals surface area contributed by atoms with Crippen molar-refractivity contribution in [3.63, 3.8) is 0 Å². The standard InChI is InChI=1S/C20H17Cl2NO3/c1-2-3-12-8-19(24)26-20-14(12)5-7-18-15(20)10-23(11-25-18)17-9-13(21)4-6-16(17)22/h4-9H,2-3,10-11H2,1H3. The zero-order valence-electron chi connectivity index (χ0n) is 14.2. The highest BCUT2D eigenvalue weighted by Gasteiger charge is 2.24. The lowest BCUT2D eigenvalue weighted by Gasteiger charge is -2.31. The second-order valence-corrected chi connectivity index (χ2v) is 7.17. The number of ether oxygens (including phenoxy) is 1. The highest BCUT2D eigenvalue weighted by Crippen LogP contribution is 2.37. The van der Waals surface area contributed by atoms with E-state index in [9.17, 15) is 4.79 Å². The predicted molar refractivity (Wildman–Crippen MR) is 105 cm³/mol. The lowest BCUT2D eigenvalue weighted by Crippen LogP contribution is -2.32. The molecule has 0 atom stereocenters. The van der Waals surface area contributed by atoms with Crippen LogP contribution >= 0.6 is 23.2 Å². The summed E-state index contributed by atoms with van der Waals surface area (Å²) in [6.45, 7) is 2.95. The van der Waals surface area contributed by atoms with Crippen LogP contribution in [0.5, 0.6) is 5.75 Å². The fourth-order valence-corrected chi connectivity index (χ4v) is 3.76. The topological polar surface area (TPSA) is 42.7 Å². The number of rotatable bonds is 3. The number of fused-ring (bicyclic) bond motifs is 3. The summed E-state index contributed by atoms with van der Waals surface area (Å²) in [4.78, 5) is 14.0. The van der Waals surface area contributed by atoms with Crippen LogP contribution in [0.2, 0.25) is 10.0 Å². The van der Waals surface area contributed by atoms with Crippen molar-refractivity contribution in [1.82, 2.24) is 0 Å². The molecule has 4 rings (SSSR count). The number of hydrogen-bond donors (Lipinski definition) is 0. The summed E-state index contributed by atoms with van der Waals surface area (Å²) in [6, 6.07) is 10.8. The van der Waals surface area contributed by atoms with Gasteiger partial charge in [-0.3, -0.25) is 0 Å². The molecule has 0 radical (unpaired) electrons. The summed E-state index contributed by atoms with van der Waals surface area (Å²) in [5, 5.41) is 2.15. The Hall–Kier alpha value is -2.17. The van der Waals surface area contributed by atoms with Crippen molar-refractivity contribution in [2.75, 3.05) is 11.6 Å². The second-order valence-electron chi connectivity index (χ2n) is 6.33. The fraction of sp³-hybridized carbons (Fsp3) is 0.250. The van der Waals surface area contributed by atoms with Crippen molar-refractivity contribution in [2.24, 2.45) is 0 Å². The smallest absolute Gasteiger partial charge is 0.336 e. The lowest BCUT2D eigenvalue weighted by molar-refractivity contribution is 0.289. The van der Waals surface area contributed by atoms with Gasteiger partial charge in [0.25, 0.3) is 0 Å². The molecule has 2 heterocycles. The summed E-state index contributed by atoms with van der Waals surface area (Å²) < 4.78 is 11.5. The molecule has 1 aromatic heterocycles. The number of halogens is 2. The Labute approximate surface area is 160 Å². The SMILES string of the molecule is CCCc1cc(=O)oc2c3c(ccc12)OCN(c1cc(Cl)ccc1Cl)C3. The summed E-state index contributed by atoms with van der Waals surface area (Å²) in [5.41, 5.74) is 2.88. The van der Waals surface area contributed by atoms with Crippen molar-refractivity contribution in [1.29, 1.82) is 0 Å². The third-order valence-electron chi connectivity index (χ3n) is 4.55. The Morgan fingerprint density at radius 3 is 2.81 bits per heavy atom. The van der Waals surface area contributed by atoms with Crippen LogP contribution in [-0.2, 0) is 13.0 Å². The van der Waals surface area contributed by atoms with Gasteiger partial charge in [-0.2, -0.15) is 0 Å². The molecule has 0 spiro atoms. The average molecular weight is 390 g/mol. The summed E-state index contributed by atoms with van der Waals surface area (Å²) in [7, 11) is 0. The van der Waals surface area contributed by atoms with Gasteiger partial charge in [-0.25, -0.2) is 4.79 Å². The van der Waals surface area contributed by atoms with Crippen molar-refractivity contribution < 1.29 is 9.15 Å². The maximum absolute atomic E-state index is 12.1. The van der Waals surface area contributed by atoms with E-state index in [4.69, 9.17) is 32.4 Å². The first-order valence-corrected chi connectivity index (χ1v) is 9.24. The largest absolute Gasteiger partial charge is 0.473 e. The van der Waals surface area contributed by atoms with Crippen molar-refractivity contribution in [3.05, 3.63) is 68.0 Å². The van der Waals surface area contributed by atoms with E-state index >= 15 is 0 Å². The van der Waals surface area contributed by atoms with Crippen LogP contribution < -0.4 is 15.3 Å². The van der Waals surface area contributed by atoms with Crippen LogP contribution in [0.3, 0.4) is 0 Å². The average Bonchev–Trinajstić information content (AvgIpc) is 2.63. The number of nitrogens with zero attached hydrogens (tertiary/aromatic N) is 1. The van der Waals surface area contributed by atoms with Gasteiger partial charge < -0.3 is 14.1 Å². The van der Waals surface area contributed by atoms with E-state index in [0.29, 0.717) is 28.9 Å². The van der Waals surface area contributed by atoms with Crippen LogP contribution in [0.15, 0.2) is 45.6 Å². The molecule has 2 aromatic carbocycles. The molecule has 0 fully saturated rings. The predicted octanol–water partition coefficient (Wildman–Crippen LogP) is 5.41. The maximum Gasteiger partial charge on any atom is 0.336 e. The molecule has 1 aliphatic heterocycles. The number of hydrogen-bond acceptors (Lipinski definition) is 4. The minimum absolute atomic E-state index is 0.340. The Bertz CT molecular complexity index is 1050. The van der Waals surface area contributed by atoms with Crippen LogP contribution in [0, 0.1) is 0 Å². The normalized spacial score (nSPS) is 13.6. The Balaban J connectivity index is 1.84. The van der Waals surface area contributed by atoms with E-state index in [0.717, 1.165) is 40.8 Å². The number of anilines is 1. The zero-order valence-corrected chi connectivity index (χ0v) is 15.7. The van der Waals surface area contributed by atoms with Crippen molar-refractivity contribution in [2.45, 2.75) is 26.3 Å². The van der Waals surface area contributed by atoms with Gasteiger partial charge in [0.2, 0.25) is 0 Å². The van der Waals surface area contributed by atoms with Gasteiger partial charge in [-0.15, -0.1) is 0 Å². The molecule has 0 unspecified atom stereocenters. The van der Waals surface area contributed by atoms with Gasteiger partial charge in [0, 0.05) is 16.5 Å². The van der Waals surface area contributed by atoms with Gasteiger partial charge in [-0.05, 0) is 42.3 Å². The Morgan fingerprint density at radius 1 is 1.15 bits per heavy atom. The molecule has 6 heteroatoms. The highest BCUT2D eigenvalue weighted by atomic mass is 35.5. The van der Waals surface area contributed by atoms with Crippen molar-refractivity contribution >= 4 is 39.9 Å². The molecule has 0 amide bonds. The minimum atomic E-state index is -0.340. The van der Waals surface area contributed by atoms with E-state index in [2.05, 4.69) is 6.92 Å².